The van der Waals surface area contributed by atoms with Gasteiger partial charge in [-0.25, -0.2) is 4.98 Å². The van der Waals surface area contributed by atoms with Crippen LogP contribution in [-0.2, 0) is 6.42 Å². The van der Waals surface area contributed by atoms with E-state index in [9.17, 15) is 0 Å². The standard InChI is InChI=1S/C13H16N2O/c1-9-8-10-4-3-5-12(16-2)13(10)15-11(9)6-7-14/h3-5,8H,6-7,14H2,1-2H3. The Hall–Kier alpha value is -1.61. The predicted octanol–water partition coefficient (Wildman–Crippen LogP) is 2.05. The highest BCUT2D eigenvalue weighted by molar-refractivity contribution is 5.85. The van der Waals surface area contributed by atoms with Crippen LogP contribution in [0.4, 0.5) is 0 Å². The third kappa shape index (κ3) is 1.86. The fraction of sp³-hybridized carbons (Fsp3) is 0.308. The van der Waals surface area contributed by atoms with Crippen molar-refractivity contribution in [2.75, 3.05) is 13.7 Å². The van der Waals surface area contributed by atoms with Crippen LogP contribution in [0.25, 0.3) is 10.9 Å². The summed E-state index contributed by atoms with van der Waals surface area (Å²) >= 11 is 0. The van der Waals surface area contributed by atoms with Crippen molar-refractivity contribution >= 4 is 10.9 Å². The van der Waals surface area contributed by atoms with Crippen molar-refractivity contribution in [1.29, 1.82) is 0 Å². The molecule has 0 amide bonds. The Morgan fingerprint density at radius 3 is 2.88 bits per heavy atom. The maximum Gasteiger partial charge on any atom is 0.145 e. The predicted molar refractivity (Wildman–Crippen MR) is 65.8 cm³/mol. The maximum atomic E-state index is 5.57. The molecule has 0 fully saturated rings. The van der Waals surface area contributed by atoms with Gasteiger partial charge >= 0.3 is 0 Å². The van der Waals surface area contributed by atoms with Gasteiger partial charge in [-0.2, -0.15) is 0 Å². The molecule has 2 N–H and O–H groups in total. The van der Waals surface area contributed by atoms with Gasteiger partial charge in [-0.15, -0.1) is 0 Å². The van der Waals surface area contributed by atoms with Crippen LogP contribution in [0, 0.1) is 6.92 Å². The van der Waals surface area contributed by atoms with Crippen LogP contribution in [0.3, 0.4) is 0 Å². The van der Waals surface area contributed by atoms with Gasteiger partial charge in [0.05, 0.1) is 7.11 Å². The average molecular weight is 216 g/mol. The lowest BCUT2D eigenvalue weighted by Gasteiger charge is -2.09. The van der Waals surface area contributed by atoms with Gasteiger partial charge in [-0.3, -0.25) is 0 Å². The summed E-state index contributed by atoms with van der Waals surface area (Å²) in [6.45, 7) is 2.69. The fourth-order valence-corrected chi connectivity index (χ4v) is 1.87. The lowest BCUT2D eigenvalue weighted by atomic mass is 10.1. The molecule has 0 saturated carbocycles. The van der Waals surface area contributed by atoms with Gasteiger partial charge in [0.15, 0.2) is 0 Å². The Kier molecular flexibility index (Phi) is 3.06. The van der Waals surface area contributed by atoms with Gasteiger partial charge in [-0.05, 0) is 31.2 Å². The van der Waals surface area contributed by atoms with Crippen LogP contribution < -0.4 is 10.5 Å². The van der Waals surface area contributed by atoms with Crippen LogP contribution in [-0.4, -0.2) is 18.6 Å². The fourth-order valence-electron chi connectivity index (χ4n) is 1.87. The van der Waals surface area contributed by atoms with Crippen molar-refractivity contribution in [2.45, 2.75) is 13.3 Å². The lowest BCUT2D eigenvalue weighted by Crippen LogP contribution is -2.06. The highest BCUT2D eigenvalue weighted by Gasteiger charge is 2.06. The summed E-state index contributed by atoms with van der Waals surface area (Å²) in [7, 11) is 1.67. The van der Waals surface area contributed by atoms with E-state index in [1.165, 1.54) is 5.56 Å². The highest BCUT2D eigenvalue weighted by Crippen LogP contribution is 2.25. The SMILES string of the molecule is COc1cccc2cc(C)c(CCN)nc12. The number of nitrogens with zero attached hydrogens (tertiary/aromatic N) is 1. The molecular weight excluding hydrogens is 200 g/mol. The summed E-state index contributed by atoms with van der Waals surface area (Å²) in [4.78, 5) is 4.63. The van der Waals surface area contributed by atoms with Crippen LogP contribution in [0.5, 0.6) is 5.75 Å². The molecule has 0 aliphatic carbocycles. The summed E-state index contributed by atoms with van der Waals surface area (Å²) in [5.41, 5.74) is 8.73. The molecule has 1 aromatic carbocycles. The molecule has 3 heteroatoms. The Morgan fingerprint density at radius 2 is 2.19 bits per heavy atom. The third-order valence-corrected chi connectivity index (χ3v) is 2.71. The number of ether oxygens (including phenoxy) is 1. The van der Waals surface area contributed by atoms with Crippen LogP contribution in [0.1, 0.15) is 11.3 Å². The van der Waals surface area contributed by atoms with E-state index in [1.54, 1.807) is 7.11 Å². The zero-order valence-corrected chi connectivity index (χ0v) is 9.66. The van der Waals surface area contributed by atoms with E-state index in [0.29, 0.717) is 6.54 Å². The Bertz CT molecular complexity index is 509. The summed E-state index contributed by atoms with van der Waals surface area (Å²) in [6.07, 6.45) is 0.805. The minimum absolute atomic E-state index is 0.620. The molecule has 0 radical (unpaired) electrons. The third-order valence-electron chi connectivity index (χ3n) is 2.71. The number of benzene rings is 1. The normalized spacial score (nSPS) is 10.7. The number of fused-ring (bicyclic) bond motifs is 1. The topological polar surface area (TPSA) is 48.1 Å². The second-order valence-corrected chi connectivity index (χ2v) is 3.82. The summed E-state index contributed by atoms with van der Waals surface area (Å²) in [5, 5.41) is 1.11. The maximum absolute atomic E-state index is 5.57. The van der Waals surface area contributed by atoms with Gasteiger partial charge in [0, 0.05) is 17.5 Å². The van der Waals surface area contributed by atoms with E-state index in [2.05, 4.69) is 18.0 Å². The van der Waals surface area contributed by atoms with E-state index in [-0.39, 0.29) is 0 Å². The molecule has 0 atom stereocenters. The zero-order chi connectivity index (χ0) is 11.5. The molecule has 1 aromatic heterocycles. The number of hydrogen-bond donors (Lipinski definition) is 1. The van der Waals surface area contributed by atoms with Gasteiger partial charge in [0.25, 0.3) is 0 Å². The quantitative estimate of drug-likeness (QED) is 0.854. The number of aryl methyl sites for hydroxylation is 1. The Labute approximate surface area is 95.2 Å². The minimum atomic E-state index is 0.620. The van der Waals surface area contributed by atoms with E-state index in [4.69, 9.17) is 10.5 Å². The molecule has 0 bridgehead atoms. The molecule has 2 rings (SSSR count). The van der Waals surface area contributed by atoms with E-state index < -0.39 is 0 Å². The molecule has 16 heavy (non-hydrogen) atoms. The van der Waals surface area contributed by atoms with Gasteiger partial charge in [-0.1, -0.05) is 12.1 Å². The van der Waals surface area contributed by atoms with Gasteiger partial charge in [0.2, 0.25) is 0 Å². The van der Waals surface area contributed by atoms with Gasteiger partial charge < -0.3 is 10.5 Å². The minimum Gasteiger partial charge on any atom is -0.494 e. The summed E-state index contributed by atoms with van der Waals surface area (Å²) in [6, 6.07) is 8.09. The number of methoxy groups -OCH3 is 1. The molecule has 84 valence electrons. The number of para-hydroxylation sites is 1. The van der Waals surface area contributed by atoms with Crippen molar-refractivity contribution in [3.05, 3.63) is 35.5 Å². The van der Waals surface area contributed by atoms with E-state index in [1.807, 2.05) is 18.2 Å². The average Bonchev–Trinajstić information content (AvgIpc) is 2.29. The molecule has 1 heterocycles. The lowest BCUT2D eigenvalue weighted by molar-refractivity contribution is 0.419. The Morgan fingerprint density at radius 1 is 1.38 bits per heavy atom. The first-order chi connectivity index (χ1) is 7.76. The second kappa shape index (κ2) is 4.49. The Balaban J connectivity index is 2.65. The monoisotopic (exact) mass is 216 g/mol. The van der Waals surface area contributed by atoms with Crippen LogP contribution >= 0.6 is 0 Å². The molecule has 2 aromatic rings. The number of rotatable bonds is 3. The van der Waals surface area contributed by atoms with Gasteiger partial charge in [0.1, 0.15) is 11.3 Å². The molecule has 0 aliphatic rings. The van der Waals surface area contributed by atoms with Crippen molar-refractivity contribution in [3.63, 3.8) is 0 Å². The van der Waals surface area contributed by atoms with Crippen LogP contribution in [0.15, 0.2) is 24.3 Å². The highest BCUT2D eigenvalue weighted by atomic mass is 16.5. The van der Waals surface area contributed by atoms with Crippen molar-refractivity contribution < 1.29 is 4.74 Å². The first kappa shape index (κ1) is 10.9. The second-order valence-electron chi connectivity index (χ2n) is 3.82. The molecule has 3 nitrogen and oxygen atoms in total. The van der Waals surface area contributed by atoms with E-state index in [0.717, 1.165) is 28.8 Å². The molecule has 0 unspecified atom stereocenters. The van der Waals surface area contributed by atoms with Crippen molar-refractivity contribution in [3.8, 4) is 5.75 Å². The smallest absolute Gasteiger partial charge is 0.145 e. The molecular formula is C13H16N2O. The summed E-state index contributed by atoms with van der Waals surface area (Å²) < 4.78 is 5.31. The van der Waals surface area contributed by atoms with E-state index >= 15 is 0 Å². The number of pyridine rings is 1. The number of nitrogens with two attached hydrogens (primary N) is 1. The largest absolute Gasteiger partial charge is 0.494 e. The zero-order valence-electron chi connectivity index (χ0n) is 9.66. The van der Waals surface area contributed by atoms with Crippen molar-refractivity contribution in [2.24, 2.45) is 5.73 Å². The molecule has 0 spiro atoms. The number of hydrogen-bond acceptors (Lipinski definition) is 3. The first-order valence-electron chi connectivity index (χ1n) is 5.39. The van der Waals surface area contributed by atoms with Crippen molar-refractivity contribution in [1.82, 2.24) is 4.98 Å². The molecule has 0 aliphatic heterocycles. The molecule has 0 saturated heterocycles. The van der Waals surface area contributed by atoms with Crippen LogP contribution in [0.2, 0.25) is 0 Å². The summed E-state index contributed by atoms with van der Waals surface area (Å²) in [5.74, 6) is 0.816. The number of aromatic nitrogens is 1. The first-order valence-corrected chi connectivity index (χ1v) is 5.39.